The molecule has 0 aliphatic carbocycles. The van der Waals surface area contributed by atoms with Crippen molar-refractivity contribution in [2.75, 3.05) is 12.5 Å². The van der Waals surface area contributed by atoms with Gasteiger partial charge in [-0.1, -0.05) is 0 Å². The topological polar surface area (TPSA) is 68.3 Å². The molecular weight excluding hydrogens is 312 g/mol. The van der Waals surface area contributed by atoms with Gasteiger partial charge in [-0.05, 0) is 37.2 Å². The molecule has 8 heteroatoms. The zero-order valence-corrected chi connectivity index (χ0v) is 14.0. The Kier molecular flexibility index (Phi) is 7.65. The smallest absolute Gasteiger partial charge is 0.175 e. The SMILES string of the molecule is CS/C=C/S(=O)(=O)C(C)[C@H](C)S(=O)(=O)/C=C/SC. The van der Waals surface area contributed by atoms with Crippen LogP contribution in [0.3, 0.4) is 0 Å². The first-order chi connectivity index (χ1) is 8.19. The second-order valence-corrected chi connectivity index (χ2v) is 9.48. The molecule has 0 heterocycles. The van der Waals surface area contributed by atoms with Crippen LogP contribution < -0.4 is 0 Å². The van der Waals surface area contributed by atoms with Crippen LogP contribution in [0.5, 0.6) is 0 Å². The van der Waals surface area contributed by atoms with Crippen LogP contribution in [0.2, 0.25) is 0 Å². The maximum Gasteiger partial charge on any atom is 0.175 e. The molecule has 0 rings (SSSR count). The van der Waals surface area contributed by atoms with E-state index in [9.17, 15) is 16.8 Å². The minimum atomic E-state index is -3.55. The lowest BCUT2D eigenvalue weighted by Gasteiger charge is -2.16. The zero-order chi connectivity index (χ0) is 14.4. The van der Waals surface area contributed by atoms with E-state index in [-0.39, 0.29) is 0 Å². The molecule has 0 aliphatic rings. The summed E-state index contributed by atoms with van der Waals surface area (Å²) in [5.41, 5.74) is 0. The molecule has 2 atom stereocenters. The monoisotopic (exact) mass is 330 g/mol. The van der Waals surface area contributed by atoms with E-state index in [0.29, 0.717) is 0 Å². The first kappa shape index (κ1) is 18.1. The summed E-state index contributed by atoms with van der Waals surface area (Å²) in [4.78, 5) is 0. The maximum atomic E-state index is 11.9. The lowest BCUT2D eigenvalue weighted by atomic mass is 10.4. The molecule has 0 spiro atoms. The molecule has 0 N–H and O–H groups in total. The highest BCUT2D eigenvalue weighted by molar-refractivity contribution is 8.04. The van der Waals surface area contributed by atoms with Crippen molar-refractivity contribution in [2.24, 2.45) is 0 Å². The summed E-state index contributed by atoms with van der Waals surface area (Å²) >= 11 is 2.51. The van der Waals surface area contributed by atoms with Crippen LogP contribution in [0.4, 0.5) is 0 Å². The van der Waals surface area contributed by atoms with E-state index in [4.69, 9.17) is 0 Å². The molecule has 0 aliphatic heterocycles. The molecular formula is C10H18O4S4. The summed E-state index contributed by atoms with van der Waals surface area (Å²) in [5, 5.41) is 3.04. The molecule has 106 valence electrons. The first-order valence-electron chi connectivity index (χ1n) is 5.05. The molecule has 4 nitrogen and oxygen atoms in total. The van der Waals surface area contributed by atoms with Crippen LogP contribution in [-0.4, -0.2) is 39.8 Å². The van der Waals surface area contributed by atoms with Crippen molar-refractivity contribution in [1.29, 1.82) is 0 Å². The fourth-order valence-corrected chi connectivity index (χ4v) is 5.67. The molecule has 0 aromatic heterocycles. The second-order valence-electron chi connectivity index (χ2n) is 3.60. The van der Waals surface area contributed by atoms with E-state index in [0.717, 1.165) is 10.8 Å². The summed E-state index contributed by atoms with van der Waals surface area (Å²) in [5.74, 6) is 0. The van der Waals surface area contributed by atoms with Gasteiger partial charge in [0, 0.05) is 10.8 Å². The summed E-state index contributed by atoms with van der Waals surface area (Å²) < 4.78 is 47.4. The Balaban J connectivity index is 5.18. The first-order valence-corrected chi connectivity index (χ1v) is 10.8. The van der Waals surface area contributed by atoms with Crippen LogP contribution in [0.15, 0.2) is 21.6 Å². The average Bonchev–Trinajstić information content (AvgIpc) is 2.32. The van der Waals surface area contributed by atoms with Crippen molar-refractivity contribution in [3.63, 3.8) is 0 Å². The highest BCUT2D eigenvalue weighted by atomic mass is 32.2. The van der Waals surface area contributed by atoms with Gasteiger partial charge in [-0.15, -0.1) is 23.5 Å². The molecule has 1 unspecified atom stereocenters. The zero-order valence-electron chi connectivity index (χ0n) is 10.7. The van der Waals surface area contributed by atoms with Gasteiger partial charge in [0.25, 0.3) is 0 Å². The lowest BCUT2D eigenvalue weighted by Crippen LogP contribution is -2.33. The van der Waals surface area contributed by atoms with E-state index < -0.39 is 30.2 Å². The van der Waals surface area contributed by atoms with Gasteiger partial charge in [0.2, 0.25) is 0 Å². The number of hydrogen-bond acceptors (Lipinski definition) is 6. The molecule has 0 saturated carbocycles. The van der Waals surface area contributed by atoms with Gasteiger partial charge in [-0.3, -0.25) is 0 Å². The third-order valence-electron chi connectivity index (χ3n) is 2.46. The summed E-state index contributed by atoms with van der Waals surface area (Å²) in [6.07, 6.45) is 3.47. The van der Waals surface area contributed by atoms with E-state index in [2.05, 4.69) is 0 Å². The van der Waals surface area contributed by atoms with E-state index in [1.807, 2.05) is 0 Å². The standard InChI is InChI=1S/C10H18O4S4/c1-9(17(11,12)7-5-15-3)10(2)18(13,14)8-6-16-4/h5-10H,1-4H3/b7-5+,8-6+/t9-,10?/m0/s1. The molecule has 0 saturated heterocycles. The summed E-state index contributed by atoms with van der Waals surface area (Å²) in [6, 6.07) is 0. The molecule has 0 bridgehead atoms. The van der Waals surface area contributed by atoms with Gasteiger partial charge in [0.1, 0.15) is 0 Å². The quantitative estimate of drug-likeness (QED) is 0.713. The molecule has 0 fully saturated rings. The van der Waals surface area contributed by atoms with Crippen molar-refractivity contribution >= 4 is 43.2 Å². The van der Waals surface area contributed by atoms with Crippen LogP contribution in [-0.2, 0) is 19.7 Å². The predicted molar refractivity (Wildman–Crippen MR) is 82.1 cm³/mol. The largest absolute Gasteiger partial charge is 0.224 e. The van der Waals surface area contributed by atoms with Gasteiger partial charge in [-0.25, -0.2) is 16.8 Å². The highest BCUT2D eigenvalue weighted by Crippen LogP contribution is 2.18. The number of hydrogen-bond donors (Lipinski definition) is 0. The fourth-order valence-electron chi connectivity index (χ4n) is 1.05. The van der Waals surface area contributed by atoms with Crippen LogP contribution in [0.25, 0.3) is 0 Å². The summed E-state index contributed by atoms with van der Waals surface area (Å²) in [6.45, 7) is 2.82. The van der Waals surface area contributed by atoms with Crippen molar-refractivity contribution in [3.05, 3.63) is 21.6 Å². The molecule has 0 radical (unpaired) electrons. The fraction of sp³-hybridized carbons (Fsp3) is 0.600. The van der Waals surface area contributed by atoms with Gasteiger partial charge in [0.15, 0.2) is 19.7 Å². The normalized spacial score (nSPS) is 17.3. The third kappa shape index (κ3) is 5.38. The van der Waals surface area contributed by atoms with Crippen molar-refractivity contribution in [1.82, 2.24) is 0 Å². The van der Waals surface area contributed by atoms with Gasteiger partial charge < -0.3 is 0 Å². The van der Waals surface area contributed by atoms with Crippen LogP contribution >= 0.6 is 23.5 Å². The molecule has 18 heavy (non-hydrogen) atoms. The van der Waals surface area contributed by atoms with Crippen LogP contribution in [0.1, 0.15) is 13.8 Å². The average molecular weight is 331 g/mol. The Morgan fingerprint density at radius 1 is 0.778 bits per heavy atom. The van der Waals surface area contributed by atoms with Gasteiger partial charge in [-0.2, -0.15) is 0 Å². The second kappa shape index (κ2) is 7.62. The van der Waals surface area contributed by atoms with E-state index >= 15 is 0 Å². The Labute approximate surface area is 118 Å². The minimum absolute atomic E-state index is 0.975. The Morgan fingerprint density at radius 2 is 1.06 bits per heavy atom. The van der Waals surface area contributed by atoms with Crippen molar-refractivity contribution in [3.8, 4) is 0 Å². The van der Waals surface area contributed by atoms with Crippen molar-refractivity contribution < 1.29 is 16.8 Å². The van der Waals surface area contributed by atoms with E-state index in [1.165, 1.54) is 48.2 Å². The number of sulfone groups is 2. The summed E-state index contributed by atoms with van der Waals surface area (Å²) in [7, 11) is -7.10. The Morgan fingerprint density at radius 3 is 1.28 bits per heavy atom. The molecule has 0 amide bonds. The molecule has 0 aromatic carbocycles. The lowest BCUT2D eigenvalue weighted by molar-refractivity contribution is 0.572. The van der Waals surface area contributed by atoms with Gasteiger partial charge in [0.05, 0.1) is 10.5 Å². The van der Waals surface area contributed by atoms with Gasteiger partial charge >= 0.3 is 0 Å². The molecule has 0 aromatic rings. The Hall–Kier alpha value is 0.0800. The maximum absolute atomic E-state index is 11.9. The Bertz CT molecular complexity index is 454. The number of rotatable bonds is 7. The highest BCUT2D eigenvalue weighted by Gasteiger charge is 2.32. The predicted octanol–water partition coefficient (Wildman–Crippen LogP) is 2.26. The van der Waals surface area contributed by atoms with E-state index in [1.54, 1.807) is 12.5 Å². The third-order valence-corrected chi connectivity index (χ3v) is 7.71. The van der Waals surface area contributed by atoms with Crippen molar-refractivity contribution in [2.45, 2.75) is 24.3 Å². The minimum Gasteiger partial charge on any atom is -0.224 e. The number of thioether (sulfide) groups is 2. The van der Waals surface area contributed by atoms with Crippen LogP contribution in [0, 0.1) is 0 Å².